The van der Waals surface area contributed by atoms with E-state index in [9.17, 15) is 27.2 Å². The molecule has 1 saturated heterocycles. The minimum atomic E-state index is -4.71. The highest BCUT2D eigenvalue weighted by Gasteiger charge is 2.48. The third-order valence-electron chi connectivity index (χ3n) is 7.21. The summed E-state index contributed by atoms with van der Waals surface area (Å²) in [5.74, 6) is -1.78. The fourth-order valence-electron chi connectivity index (χ4n) is 4.72. The summed E-state index contributed by atoms with van der Waals surface area (Å²) in [5, 5.41) is 2.18. The van der Waals surface area contributed by atoms with Gasteiger partial charge >= 0.3 is 6.18 Å². The molecule has 4 rings (SSSR count). The molecule has 1 aromatic heterocycles. The van der Waals surface area contributed by atoms with Crippen molar-refractivity contribution in [2.24, 2.45) is 0 Å². The number of halogens is 4. The first-order valence-electron chi connectivity index (χ1n) is 13.1. The highest BCUT2D eigenvalue weighted by atomic mass is 19.4. The number of fused-ring (bicyclic) bond motifs is 1. The number of aromatic nitrogens is 2. The number of methoxy groups -OCH3 is 1. The molecule has 0 spiro atoms. The van der Waals surface area contributed by atoms with Gasteiger partial charge in [-0.15, -0.1) is 0 Å². The zero-order valence-corrected chi connectivity index (χ0v) is 22.9. The largest absolute Gasteiger partial charge is 0.494 e. The Balaban J connectivity index is 1.81. The van der Waals surface area contributed by atoms with Gasteiger partial charge in [0, 0.05) is 30.9 Å². The molecule has 1 aliphatic heterocycles. The van der Waals surface area contributed by atoms with Gasteiger partial charge in [0.25, 0.3) is 5.56 Å². The van der Waals surface area contributed by atoms with E-state index in [1.165, 1.54) is 19.2 Å². The van der Waals surface area contributed by atoms with Crippen LogP contribution in [0.1, 0.15) is 27.2 Å². The van der Waals surface area contributed by atoms with E-state index in [0.29, 0.717) is 5.52 Å². The summed E-state index contributed by atoms with van der Waals surface area (Å²) in [6.45, 7) is 7.42. The number of likely N-dealkylation sites (N-methyl/N-ethyl adjacent to an activating group) is 1. The van der Waals surface area contributed by atoms with E-state index < -0.39 is 35.5 Å². The van der Waals surface area contributed by atoms with E-state index in [1.807, 2.05) is 11.4 Å². The number of nitrogens with zero attached hydrogens (tertiary/aromatic N) is 4. The number of nitrogens with one attached hydrogen (secondary N) is 1. The molecule has 216 valence electrons. The predicted molar refractivity (Wildman–Crippen MR) is 145 cm³/mol. The van der Waals surface area contributed by atoms with Crippen molar-refractivity contribution in [1.82, 2.24) is 19.8 Å². The number of hydrogen-bond donors (Lipinski definition) is 1. The van der Waals surface area contributed by atoms with Crippen molar-refractivity contribution >= 4 is 22.5 Å². The molecule has 0 aliphatic carbocycles. The summed E-state index contributed by atoms with van der Waals surface area (Å²) >= 11 is 0. The molecule has 1 aliphatic rings. The van der Waals surface area contributed by atoms with E-state index in [4.69, 9.17) is 4.74 Å². The van der Waals surface area contributed by atoms with Crippen LogP contribution >= 0.6 is 0 Å². The van der Waals surface area contributed by atoms with Crippen LogP contribution in [0.4, 0.5) is 23.2 Å². The zero-order valence-electron chi connectivity index (χ0n) is 22.9. The molecule has 0 unspecified atom stereocenters. The maximum atomic E-state index is 14.1. The maximum absolute atomic E-state index is 14.1. The van der Waals surface area contributed by atoms with Crippen LogP contribution in [0.15, 0.2) is 41.2 Å². The van der Waals surface area contributed by atoms with Crippen molar-refractivity contribution in [3.05, 3.63) is 52.6 Å². The number of carbonyl (C=O) groups is 1. The Labute approximate surface area is 229 Å². The lowest BCUT2D eigenvalue weighted by Crippen LogP contribution is -2.55. The Kier molecular flexibility index (Phi) is 8.38. The maximum Gasteiger partial charge on any atom is 0.410 e. The molecule has 0 bridgehead atoms. The molecule has 2 heterocycles. The average Bonchev–Trinajstić information content (AvgIpc) is 3.15. The zero-order chi connectivity index (χ0) is 29.2. The first kappa shape index (κ1) is 29.3. The molecule has 1 fully saturated rings. The molecule has 0 atom stereocenters. The van der Waals surface area contributed by atoms with Crippen LogP contribution in [-0.4, -0.2) is 71.9 Å². The van der Waals surface area contributed by atoms with Crippen LogP contribution in [0.3, 0.4) is 0 Å². The van der Waals surface area contributed by atoms with Crippen LogP contribution in [0.25, 0.3) is 22.3 Å². The number of rotatable bonds is 7. The Hall–Kier alpha value is -3.67. The van der Waals surface area contributed by atoms with Crippen molar-refractivity contribution in [2.75, 3.05) is 44.7 Å². The number of benzene rings is 2. The fraction of sp³-hybridized carbons (Fsp3) is 0.464. The van der Waals surface area contributed by atoms with Gasteiger partial charge < -0.3 is 19.9 Å². The quantitative estimate of drug-likeness (QED) is 0.435. The van der Waals surface area contributed by atoms with Gasteiger partial charge in [0.1, 0.15) is 17.9 Å². The molecule has 0 saturated carbocycles. The predicted octanol–water partition coefficient (Wildman–Crippen LogP) is 4.20. The van der Waals surface area contributed by atoms with Crippen molar-refractivity contribution in [1.29, 1.82) is 0 Å². The van der Waals surface area contributed by atoms with Gasteiger partial charge in [-0.05, 0) is 69.8 Å². The number of alkyl halides is 3. The van der Waals surface area contributed by atoms with E-state index in [2.05, 4.69) is 21.7 Å². The summed E-state index contributed by atoms with van der Waals surface area (Å²) in [7, 11) is 1.28. The monoisotopic (exact) mass is 563 g/mol. The highest BCUT2D eigenvalue weighted by molar-refractivity contribution is 5.85. The Morgan fingerprint density at radius 2 is 1.82 bits per heavy atom. The second kappa shape index (κ2) is 11.4. The molecule has 1 N–H and O–H groups in total. The second-order valence-electron chi connectivity index (χ2n) is 10.3. The first-order chi connectivity index (χ1) is 18.8. The van der Waals surface area contributed by atoms with Crippen LogP contribution in [0, 0.1) is 5.82 Å². The Morgan fingerprint density at radius 3 is 2.50 bits per heavy atom. The molecule has 2 aromatic carbocycles. The molecule has 3 aromatic rings. The standard InChI is InChI=1S/C28H33F4N5O3/c1-5-35-11-6-12-36(14-13-35)19-8-10-22-20(16-19)26(39)37(17-24(38)34-27(2,3)28(30,31)32)25(33-22)18-7-9-21(29)23(15-18)40-4/h7-10,15-16H,5-6,11-14,17H2,1-4H3,(H,34,38). The van der Waals surface area contributed by atoms with E-state index in [-0.39, 0.29) is 22.5 Å². The minimum Gasteiger partial charge on any atom is -0.494 e. The third-order valence-corrected chi connectivity index (χ3v) is 7.21. The molecule has 40 heavy (non-hydrogen) atoms. The third kappa shape index (κ3) is 6.06. The van der Waals surface area contributed by atoms with Crippen LogP contribution in [-0.2, 0) is 11.3 Å². The molecule has 0 radical (unpaired) electrons. The van der Waals surface area contributed by atoms with Gasteiger partial charge in [0.05, 0.1) is 18.0 Å². The Morgan fingerprint density at radius 1 is 1.07 bits per heavy atom. The molecule has 1 amide bonds. The molecule has 8 nitrogen and oxygen atoms in total. The summed E-state index contributed by atoms with van der Waals surface area (Å²) < 4.78 is 60.5. The van der Waals surface area contributed by atoms with Crippen molar-refractivity contribution in [3.8, 4) is 17.1 Å². The summed E-state index contributed by atoms with van der Waals surface area (Å²) in [6.07, 6.45) is -3.76. The number of amides is 1. The lowest BCUT2D eigenvalue weighted by atomic mass is 10.1. The van der Waals surface area contributed by atoms with Crippen molar-refractivity contribution < 1.29 is 27.1 Å². The SMILES string of the molecule is CCN1CCCN(c2ccc3nc(-c4ccc(F)c(OC)c4)n(CC(=O)NC(C)(C)C(F)(F)F)c(=O)c3c2)CC1. The summed E-state index contributed by atoms with van der Waals surface area (Å²) in [5.41, 5.74) is -1.71. The lowest BCUT2D eigenvalue weighted by Gasteiger charge is -2.29. The highest BCUT2D eigenvalue weighted by Crippen LogP contribution is 2.30. The van der Waals surface area contributed by atoms with Gasteiger partial charge in [-0.25, -0.2) is 9.37 Å². The fourth-order valence-corrected chi connectivity index (χ4v) is 4.72. The first-order valence-corrected chi connectivity index (χ1v) is 13.1. The van der Waals surface area contributed by atoms with Crippen molar-refractivity contribution in [2.45, 2.75) is 45.5 Å². The van der Waals surface area contributed by atoms with Crippen molar-refractivity contribution in [3.63, 3.8) is 0 Å². The van der Waals surface area contributed by atoms with Gasteiger partial charge in [0.2, 0.25) is 5.91 Å². The topological polar surface area (TPSA) is 79.7 Å². The van der Waals surface area contributed by atoms with Crippen LogP contribution < -0.4 is 20.5 Å². The second-order valence-corrected chi connectivity index (χ2v) is 10.3. The number of carbonyl (C=O) groups excluding carboxylic acids is 1. The van der Waals surface area contributed by atoms with E-state index in [1.54, 1.807) is 12.1 Å². The summed E-state index contributed by atoms with van der Waals surface area (Å²) in [4.78, 5) is 35.8. The molecular formula is C28H33F4N5O3. The van der Waals surface area contributed by atoms with E-state index >= 15 is 0 Å². The Bertz CT molecular complexity index is 1450. The van der Waals surface area contributed by atoms with Gasteiger partial charge in [-0.2, -0.15) is 13.2 Å². The van der Waals surface area contributed by atoms with Gasteiger partial charge in [-0.1, -0.05) is 6.92 Å². The number of hydrogen-bond acceptors (Lipinski definition) is 6. The lowest BCUT2D eigenvalue weighted by molar-refractivity contribution is -0.188. The van der Waals surface area contributed by atoms with Gasteiger partial charge in [0.15, 0.2) is 11.6 Å². The molecular weight excluding hydrogens is 530 g/mol. The number of ether oxygens (including phenoxy) is 1. The van der Waals surface area contributed by atoms with Crippen LogP contribution in [0.5, 0.6) is 5.75 Å². The normalized spacial score (nSPS) is 15.2. The average molecular weight is 564 g/mol. The van der Waals surface area contributed by atoms with Crippen LogP contribution in [0.2, 0.25) is 0 Å². The number of anilines is 1. The van der Waals surface area contributed by atoms with E-state index in [0.717, 1.165) is 69.3 Å². The molecule has 12 heteroatoms. The summed E-state index contributed by atoms with van der Waals surface area (Å²) in [6, 6.07) is 9.09. The van der Waals surface area contributed by atoms with Gasteiger partial charge in [-0.3, -0.25) is 14.2 Å². The minimum absolute atomic E-state index is 0.00289. The smallest absolute Gasteiger partial charge is 0.410 e.